The second-order valence-corrected chi connectivity index (χ2v) is 3.64. The second kappa shape index (κ2) is 4.86. The molecule has 0 aliphatic carbocycles. The van der Waals surface area contributed by atoms with E-state index in [1.807, 2.05) is 13.0 Å². The summed E-state index contributed by atoms with van der Waals surface area (Å²) < 4.78 is 25.9. The first kappa shape index (κ1) is 11.4. The third-order valence-electron chi connectivity index (χ3n) is 2.39. The van der Waals surface area contributed by atoms with Gasteiger partial charge in [-0.1, -0.05) is 0 Å². The Hall–Kier alpha value is -2.04. The number of aryl methyl sites for hydroxylation is 1. The van der Waals surface area contributed by atoms with Crippen LogP contribution >= 0.6 is 0 Å². The van der Waals surface area contributed by atoms with E-state index in [2.05, 4.69) is 15.3 Å². The van der Waals surface area contributed by atoms with Crippen LogP contribution in [0.5, 0.6) is 0 Å². The zero-order valence-electron chi connectivity index (χ0n) is 9.24. The van der Waals surface area contributed by atoms with Crippen LogP contribution < -0.4 is 5.32 Å². The van der Waals surface area contributed by atoms with E-state index in [1.165, 1.54) is 0 Å². The van der Waals surface area contributed by atoms with Gasteiger partial charge in [-0.05, 0) is 24.1 Å². The quantitative estimate of drug-likeness (QED) is 0.888. The van der Waals surface area contributed by atoms with E-state index < -0.39 is 11.6 Å². The minimum absolute atomic E-state index is 0.0441. The maximum atomic E-state index is 13.3. The van der Waals surface area contributed by atoms with Gasteiger partial charge in [0.2, 0.25) is 0 Å². The number of anilines is 1. The molecule has 0 spiro atoms. The molecule has 0 atom stereocenters. The van der Waals surface area contributed by atoms with Gasteiger partial charge in [0.15, 0.2) is 11.6 Å². The van der Waals surface area contributed by atoms with E-state index in [-0.39, 0.29) is 5.82 Å². The largest absolute Gasteiger partial charge is 0.364 e. The summed E-state index contributed by atoms with van der Waals surface area (Å²) in [7, 11) is 0. The predicted octanol–water partition coefficient (Wildman–Crippen LogP) is 2.68. The summed E-state index contributed by atoms with van der Waals surface area (Å²) in [4.78, 5) is 7.61. The van der Waals surface area contributed by atoms with Crippen molar-refractivity contribution in [2.45, 2.75) is 13.5 Å². The molecule has 0 aliphatic heterocycles. The summed E-state index contributed by atoms with van der Waals surface area (Å²) in [6.07, 6.45) is 4.37. The third kappa shape index (κ3) is 2.75. The molecule has 2 aromatic rings. The van der Waals surface area contributed by atoms with Crippen LogP contribution in [0, 0.1) is 18.6 Å². The molecule has 17 heavy (non-hydrogen) atoms. The second-order valence-electron chi connectivity index (χ2n) is 3.64. The first-order chi connectivity index (χ1) is 8.16. The van der Waals surface area contributed by atoms with Crippen LogP contribution in [0.1, 0.15) is 11.1 Å². The molecule has 2 rings (SSSR count). The molecule has 0 aromatic carbocycles. The Labute approximate surface area is 97.5 Å². The number of hydrogen-bond donors (Lipinski definition) is 1. The zero-order valence-corrected chi connectivity index (χ0v) is 9.24. The number of nitrogens with zero attached hydrogens (tertiary/aromatic N) is 2. The average Bonchev–Trinajstić information content (AvgIpc) is 2.30. The Kier molecular flexibility index (Phi) is 3.27. The van der Waals surface area contributed by atoms with Crippen molar-refractivity contribution in [2.75, 3.05) is 5.32 Å². The highest BCUT2D eigenvalue weighted by atomic mass is 19.1. The molecule has 2 aromatic heterocycles. The van der Waals surface area contributed by atoms with Crippen LogP contribution in [0.4, 0.5) is 14.6 Å². The van der Waals surface area contributed by atoms with Crippen LogP contribution in [-0.4, -0.2) is 9.97 Å². The lowest BCUT2D eigenvalue weighted by Gasteiger charge is -2.08. The first-order valence-electron chi connectivity index (χ1n) is 5.11. The van der Waals surface area contributed by atoms with Crippen molar-refractivity contribution in [1.82, 2.24) is 9.97 Å². The molecule has 0 saturated heterocycles. The van der Waals surface area contributed by atoms with Gasteiger partial charge in [-0.2, -0.15) is 0 Å². The Morgan fingerprint density at radius 3 is 2.82 bits per heavy atom. The smallest absolute Gasteiger partial charge is 0.168 e. The van der Waals surface area contributed by atoms with Gasteiger partial charge in [0.25, 0.3) is 0 Å². The Balaban J connectivity index is 2.10. The van der Waals surface area contributed by atoms with Gasteiger partial charge in [0, 0.05) is 25.0 Å². The number of nitrogens with one attached hydrogen (secondary N) is 1. The van der Waals surface area contributed by atoms with Gasteiger partial charge >= 0.3 is 0 Å². The van der Waals surface area contributed by atoms with Crippen molar-refractivity contribution in [2.24, 2.45) is 0 Å². The fourth-order valence-electron chi connectivity index (χ4n) is 1.42. The highest BCUT2D eigenvalue weighted by molar-refractivity contribution is 5.37. The molecular weight excluding hydrogens is 224 g/mol. The lowest BCUT2D eigenvalue weighted by molar-refractivity contribution is 0.575. The highest BCUT2D eigenvalue weighted by Crippen LogP contribution is 2.13. The normalized spacial score (nSPS) is 10.3. The van der Waals surface area contributed by atoms with Gasteiger partial charge in [0.1, 0.15) is 5.82 Å². The fraction of sp³-hybridized carbons (Fsp3) is 0.167. The summed E-state index contributed by atoms with van der Waals surface area (Å²) in [6.45, 7) is 2.34. The predicted molar refractivity (Wildman–Crippen MR) is 60.5 cm³/mol. The lowest BCUT2D eigenvalue weighted by Crippen LogP contribution is -2.05. The molecule has 0 fully saturated rings. The Bertz CT molecular complexity index is 529. The van der Waals surface area contributed by atoms with Crippen LogP contribution in [0.25, 0.3) is 0 Å². The maximum absolute atomic E-state index is 13.3. The van der Waals surface area contributed by atoms with E-state index in [4.69, 9.17) is 0 Å². The van der Waals surface area contributed by atoms with Gasteiger partial charge < -0.3 is 5.32 Å². The number of rotatable bonds is 3. The topological polar surface area (TPSA) is 37.8 Å². The monoisotopic (exact) mass is 235 g/mol. The molecule has 2 heterocycles. The SMILES string of the molecule is Cc1cnccc1CNc1ncc(F)cc1F. The molecule has 0 unspecified atom stereocenters. The van der Waals surface area contributed by atoms with Crippen molar-refractivity contribution < 1.29 is 8.78 Å². The van der Waals surface area contributed by atoms with Crippen molar-refractivity contribution >= 4 is 5.82 Å². The van der Waals surface area contributed by atoms with Crippen molar-refractivity contribution in [3.05, 3.63) is 53.5 Å². The summed E-state index contributed by atoms with van der Waals surface area (Å²) in [5.74, 6) is -1.34. The first-order valence-corrected chi connectivity index (χ1v) is 5.11. The average molecular weight is 235 g/mol. The molecule has 1 N–H and O–H groups in total. The molecule has 0 aliphatic rings. The van der Waals surface area contributed by atoms with Crippen LogP contribution in [0.2, 0.25) is 0 Å². The minimum atomic E-state index is -0.697. The molecule has 0 bridgehead atoms. The Morgan fingerprint density at radius 1 is 1.29 bits per heavy atom. The van der Waals surface area contributed by atoms with Crippen LogP contribution in [-0.2, 0) is 6.54 Å². The lowest BCUT2D eigenvalue weighted by atomic mass is 10.1. The molecule has 3 nitrogen and oxygen atoms in total. The third-order valence-corrected chi connectivity index (χ3v) is 2.39. The van der Waals surface area contributed by atoms with E-state index in [0.29, 0.717) is 6.54 Å². The summed E-state index contributed by atoms with van der Waals surface area (Å²) >= 11 is 0. The van der Waals surface area contributed by atoms with Crippen molar-refractivity contribution in [1.29, 1.82) is 0 Å². The van der Waals surface area contributed by atoms with Crippen LogP contribution in [0.3, 0.4) is 0 Å². The van der Waals surface area contributed by atoms with Gasteiger partial charge in [0.05, 0.1) is 6.20 Å². The van der Waals surface area contributed by atoms with Crippen LogP contribution in [0.15, 0.2) is 30.7 Å². The minimum Gasteiger partial charge on any atom is -0.364 e. The van der Waals surface area contributed by atoms with E-state index in [1.54, 1.807) is 12.4 Å². The van der Waals surface area contributed by atoms with E-state index in [9.17, 15) is 8.78 Å². The van der Waals surface area contributed by atoms with E-state index in [0.717, 1.165) is 23.4 Å². The highest BCUT2D eigenvalue weighted by Gasteiger charge is 2.05. The molecule has 88 valence electrons. The van der Waals surface area contributed by atoms with Gasteiger partial charge in [-0.25, -0.2) is 13.8 Å². The standard InChI is InChI=1S/C12H11F2N3/c1-8-5-15-3-2-9(8)6-16-12-11(14)4-10(13)7-17-12/h2-5,7H,6H2,1H3,(H,16,17). The van der Waals surface area contributed by atoms with Gasteiger partial charge in [-0.15, -0.1) is 0 Å². The molecule has 0 amide bonds. The molecule has 5 heteroatoms. The molecule has 0 saturated carbocycles. The number of hydrogen-bond acceptors (Lipinski definition) is 3. The van der Waals surface area contributed by atoms with Gasteiger partial charge in [-0.3, -0.25) is 4.98 Å². The summed E-state index contributed by atoms with van der Waals surface area (Å²) in [5, 5.41) is 2.82. The van der Waals surface area contributed by atoms with Crippen molar-refractivity contribution in [3.8, 4) is 0 Å². The summed E-state index contributed by atoms with van der Waals surface area (Å²) in [6, 6.07) is 2.64. The molecule has 0 radical (unpaired) electrons. The molecular formula is C12H11F2N3. The number of pyridine rings is 2. The number of halogens is 2. The Morgan fingerprint density at radius 2 is 2.12 bits per heavy atom. The zero-order chi connectivity index (χ0) is 12.3. The number of aromatic nitrogens is 2. The van der Waals surface area contributed by atoms with Crippen molar-refractivity contribution in [3.63, 3.8) is 0 Å². The fourth-order valence-corrected chi connectivity index (χ4v) is 1.42. The van der Waals surface area contributed by atoms with E-state index >= 15 is 0 Å². The summed E-state index contributed by atoms with van der Waals surface area (Å²) in [5.41, 5.74) is 1.99. The maximum Gasteiger partial charge on any atom is 0.168 e.